The van der Waals surface area contributed by atoms with Crippen LogP contribution in [0.5, 0.6) is 11.5 Å². The summed E-state index contributed by atoms with van der Waals surface area (Å²) in [5.41, 5.74) is 13.1. The van der Waals surface area contributed by atoms with Gasteiger partial charge in [0.2, 0.25) is 0 Å². The standard InChI is InChI=1S/C9H12N2O2/c1-12-7-3-2-5(10)8-6(11)4-13-9(7)8/h2-3,6H,4,10-11H2,1H3. The summed E-state index contributed by atoms with van der Waals surface area (Å²) < 4.78 is 10.5. The Morgan fingerprint density at radius 1 is 1.54 bits per heavy atom. The van der Waals surface area contributed by atoms with Crippen LogP contribution >= 0.6 is 0 Å². The maximum absolute atomic E-state index is 5.81. The van der Waals surface area contributed by atoms with Gasteiger partial charge in [-0.2, -0.15) is 0 Å². The van der Waals surface area contributed by atoms with Gasteiger partial charge in [-0.1, -0.05) is 0 Å². The van der Waals surface area contributed by atoms with Gasteiger partial charge in [0.25, 0.3) is 0 Å². The third-order valence-corrected chi connectivity index (χ3v) is 2.19. The number of methoxy groups -OCH3 is 1. The summed E-state index contributed by atoms with van der Waals surface area (Å²) in [5, 5.41) is 0. The summed E-state index contributed by atoms with van der Waals surface area (Å²) in [6, 6.07) is 3.43. The molecule has 70 valence electrons. The first kappa shape index (κ1) is 8.19. The maximum atomic E-state index is 5.81. The van der Waals surface area contributed by atoms with E-state index in [1.54, 1.807) is 19.2 Å². The van der Waals surface area contributed by atoms with Crippen LogP contribution in [-0.4, -0.2) is 13.7 Å². The zero-order chi connectivity index (χ0) is 9.42. The lowest BCUT2D eigenvalue weighted by molar-refractivity contribution is 0.311. The normalized spacial score (nSPS) is 19.4. The molecule has 1 aliphatic rings. The van der Waals surface area contributed by atoms with Crippen molar-refractivity contribution in [1.29, 1.82) is 0 Å². The van der Waals surface area contributed by atoms with Crippen LogP contribution in [0.4, 0.5) is 5.69 Å². The van der Waals surface area contributed by atoms with Crippen molar-refractivity contribution in [1.82, 2.24) is 0 Å². The van der Waals surface area contributed by atoms with E-state index in [-0.39, 0.29) is 6.04 Å². The molecule has 0 amide bonds. The van der Waals surface area contributed by atoms with Gasteiger partial charge in [-0.05, 0) is 12.1 Å². The van der Waals surface area contributed by atoms with E-state index in [2.05, 4.69) is 0 Å². The van der Waals surface area contributed by atoms with Crippen molar-refractivity contribution in [3.63, 3.8) is 0 Å². The first-order chi connectivity index (χ1) is 6.24. The highest BCUT2D eigenvalue weighted by atomic mass is 16.5. The highest BCUT2D eigenvalue weighted by Gasteiger charge is 2.26. The largest absolute Gasteiger partial charge is 0.493 e. The first-order valence-electron chi connectivity index (χ1n) is 4.08. The summed E-state index contributed by atoms with van der Waals surface area (Å²) in [6.07, 6.45) is 0. The average Bonchev–Trinajstić information content (AvgIpc) is 2.50. The summed E-state index contributed by atoms with van der Waals surface area (Å²) in [5.74, 6) is 1.38. The van der Waals surface area contributed by atoms with Crippen molar-refractivity contribution in [2.24, 2.45) is 5.73 Å². The van der Waals surface area contributed by atoms with E-state index in [1.807, 2.05) is 0 Å². The van der Waals surface area contributed by atoms with Crippen LogP contribution in [0.25, 0.3) is 0 Å². The van der Waals surface area contributed by atoms with Crippen LogP contribution < -0.4 is 20.9 Å². The quantitative estimate of drug-likeness (QED) is 0.623. The summed E-state index contributed by atoms with van der Waals surface area (Å²) in [6.45, 7) is 0.472. The monoisotopic (exact) mass is 180 g/mol. The van der Waals surface area contributed by atoms with Gasteiger partial charge in [-0.3, -0.25) is 0 Å². The molecule has 2 rings (SSSR count). The molecule has 0 aromatic heterocycles. The lowest BCUT2D eigenvalue weighted by Crippen LogP contribution is -2.12. The van der Waals surface area contributed by atoms with Crippen molar-refractivity contribution in [3.05, 3.63) is 17.7 Å². The van der Waals surface area contributed by atoms with Gasteiger partial charge < -0.3 is 20.9 Å². The predicted octanol–water partition coefficient (Wildman–Crippen LogP) is 0.670. The van der Waals surface area contributed by atoms with Gasteiger partial charge in [0.1, 0.15) is 6.61 Å². The molecular weight excluding hydrogens is 168 g/mol. The zero-order valence-electron chi connectivity index (χ0n) is 7.41. The molecule has 0 saturated heterocycles. The molecule has 4 N–H and O–H groups in total. The fourth-order valence-electron chi connectivity index (χ4n) is 1.54. The minimum absolute atomic E-state index is 0.134. The molecule has 1 aromatic rings. The Hall–Kier alpha value is -1.42. The van der Waals surface area contributed by atoms with E-state index in [0.717, 1.165) is 5.56 Å². The van der Waals surface area contributed by atoms with Gasteiger partial charge in [-0.15, -0.1) is 0 Å². The number of hydrogen-bond donors (Lipinski definition) is 2. The molecule has 1 unspecified atom stereocenters. The highest BCUT2D eigenvalue weighted by molar-refractivity contribution is 5.63. The lowest BCUT2D eigenvalue weighted by Gasteiger charge is -2.08. The summed E-state index contributed by atoms with van der Waals surface area (Å²) >= 11 is 0. The van der Waals surface area contributed by atoms with Crippen LogP contribution in [0.2, 0.25) is 0 Å². The molecule has 1 atom stereocenters. The van der Waals surface area contributed by atoms with Crippen LogP contribution in [-0.2, 0) is 0 Å². The topological polar surface area (TPSA) is 70.5 Å². The highest BCUT2D eigenvalue weighted by Crippen LogP contribution is 2.42. The SMILES string of the molecule is COc1ccc(N)c2c1OCC2N. The van der Waals surface area contributed by atoms with Gasteiger partial charge in [0, 0.05) is 11.3 Å². The van der Waals surface area contributed by atoms with Gasteiger partial charge in [-0.25, -0.2) is 0 Å². The molecular formula is C9H12N2O2. The Kier molecular flexibility index (Phi) is 1.77. The molecule has 0 spiro atoms. The summed E-state index contributed by atoms with van der Waals surface area (Å²) in [7, 11) is 1.60. The average molecular weight is 180 g/mol. The Morgan fingerprint density at radius 3 is 3.00 bits per heavy atom. The van der Waals surface area contributed by atoms with Crippen molar-refractivity contribution < 1.29 is 9.47 Å². The van der Waals surface area contributed by atoms with E-state index < -0.39 is 0 Å². The smallest absolute Gasteiger partial charge is 0.168 e. The third kappa shape index (κ3) is 1.10. The third-order valence-electron chi connectivity index (χ3n) is 2.19. The fourth-order valence-corrected chi connectivity index (χ4v) is 1.54. The predicted molar refractivity (Wildman–Crippen MR) is 49.8 cm³/mol. The second-order valence-electron chi connectivity index (χ2n) is 3.02. The van der Waals surface area contributed by atoms with E-state index in [4.69, 9.17) is 20.9 Å². The molecule has 0 bridgehead atoms. The number of anilines is 1. The molecule has 0 aliphatic carbocycles. The Bertz CT molecular complexity index is 339. The molecule has 1 aromatic carbocycles. The number of benzene rings is 1. The van der Waals surface area contributed by atoms with E-state index in [0.29, 0.717) is 23.8 Å². The van der Waals surface area contributed by atoms with Crippen LogP contribution in [0.3, 0.4) is 0 Å². The Morgan fingerprint density at radius 2 is 2.31 bits per heavy atom. The van der Waals surface area contributed by atoms with Crippen molar-refractivity contribution >= 4 is 5.69 Å². The number of hydrogen-bond acceptors (Lipinski definition) is 4. The van der Waals surface area contributed by atoms with Gasteiger partial charge >= 0.3 is 0 Å². The minimum atomic E-state index is -0.134. The van der Waals surface area contributed by atoms with Crippen LogP contribution in [0.1, 0.15) is 11.6 Å². The summed E-state index contributed by atoms with van der Waals surface area (Å²) in [4.78, 5) is 0. The molecule has 4 nitrogen and oxygen atoms in total. The number of rotatable bonds is 1. The maximum Gasteiger partial charge on any atom is 0.168 e. The second-order valence-corrected chi connectivity index (χ2v) is 3.02. The molecule has 0 saturated carbocycles. The second kappa shape index (κ2) is 2.81. The minimum Gasteiger partial charge on any atom is -0.493 e. The Balaban J connectivity index is 2.59. The van der Waals surface area contributed by atoms with Crippen molar-refractivity contribution in [3.8, 4) is 11.5 Å². The van der Waals surface area contributed by atoms with E-state index in [9.17, 15) is 0 Å². The Labute approximate surface area is 76.4 Å². The number of nitrogen functional groups attached to an aromatic ring is 1. The van der Waals surface area contributed by atoms with Crippen LogP contribution in [0, 0.1) is 0 Å². The zero-order valence-corrected chi connectivity index (χ0v) is 7.41. The van der Waals surface area contributed by atoms with Crippen LogP contribution in [0.15, 0.2) is 12.1 Å². The molecule has 0 fully saturated rings. The number of nitrogens with two attached hydrogens (primary N) is 2. The van der Waals surface area contributed by atoms with Crippen molar-refractivity contribution in [2.45, 2.75) is 6.04 Å². The molecule has 1 heterocycles. The molecule has 1 aliphatic heterocycles. The number of fused-ring (bicyclic) bond motifs is 1. The lowest BCUT2D eigenvalue weighted by atomic mass is 10.1. The fraction of sp³-hybridized carbons (Fsp3) is 0.333. The molecule has 0 radical (unpaired) electrons. The van der Waals surface area contributed by atoms with Gasteiger partial charge in [0.15, 0.2) is 11.5 Å². The van der Waals surface area contributed by atoms with Gasteiger partial charge in [0.05, 0.1) is 13.2 Å². The van der Waals surface area contributed by atoms with E-state index >= 15 is 0 Å². The van der Waals surface area contributed by atoms with Crippen molar-refractivity contribution in [2.75, 3.05) is 19.5 Å². The van der Waals surface area contributed by atoms with E-state index in [1.165, 1.54) is 0 Å². The number of ether oxygens (including phenoxy) is 2. The molecule has 13 heavy (non-hydrogen) atoms. The molecule has 4 heteroatoms. The first-order valence-corrected chi connectivity index (χ1v) is 4.08.